The Morgan fingerprint density at radius 1 is 0.950 bits per heavy atom. The van der Waals surface area contributed by atoms with E-state index in [1.54, 1.807) is 0 Å². The number of hydrogen-bond acceptors (Lipinski definition) is 4. The normalized spacial score (nSPS) is 14.3. The zero-order chi connectivity index (χ0) is 16.4. The van der Waals surface area contributed by atoms with E-state index < -0.39 is 16.6 Å². The summed E-state index contributed by atoms with van der Waals surface area (Å²) in [6.07, 6.45) is 0. The van der Waals surface area contributed by atoms with E-state index in [1.165, 1.54) is 0 Å². The first-order valence-corrected chi connectivity index (χ1v) is 13.1. The quantitative estimate of drug-likeness (QED) is 0.613. The lowest BCUT2D eigenvalue weighted by molar-refractivity contribution is -0.142. The minimum absolute atomic E-state index is 0.0233. The molecule has 0 aliphatic heterocycles. The summed E-state index contributed by atoms with van der Waals surface area (Å²) in [6, 6.07) is 0. The van der Waals surface area contributed by atoms with Gasteiger partial charge in [0.1, 0.15) is 0 Å². The summed E-state index contributed by atoms with van der Waals surface area (Å²) in [4.78, 5) is 17.3. The van der Waals surface area contributed by atoms with Crippen LogP contribution in [0.1, 0.15) is 41.5 Å². The van der Waals surface area contributed by atoms with Crippen LogP contribution in [0, 0.1) is 0 Å². The van der Waals surface area contributed by atoms with Crippen molar-refractivity contribution in [3.05, 3.63) is 0 Å². The van der Waals surface area contributed by atoms with Crippen LogP contribution in [-0.4, -0.2) is 29.1 Å². The molecule has 0 aromatic carbocycles. The second-order valence-electron chi connectivity index (χ2n) is 8.50. The Hall–Kier alpha value is -0.176. The van der Waals surface area contributed by atoms with Crippen LogP contribution in [0.25, 0.3) is 0 Å². The molecule has 0 saturated heterocycles. The first kappa shape index (κ1) is 19.8. The van der Waals surface area contributed by atoms with Gasteiger partial charge in [0.05, 0.1) is 0 Å². The largest absolute Gasteiger partial charge is 0.517 e. The van der Waals surface area contributed by atoms with Crippen molar-refractivity contribution in [2.24, 2.45) is 0 Å². The van der Waals surface area contributed by atoms with E-state index in [-0.39, 0.29) is 22.7 Å². The van der Waals surface area contributed by atoms with Crippen molar-refractivity contribution in [2.45, 2.75) is 77.8 Å². The summed E-state index contributed by atoms with van der Waals surface area (Å²) in [6.45, 7) is 21.4. The molecule has 0 radical (unpaired) electrons. The average molecular weight is 320 g/mol. The summed E-state index contributed by atoms with van der Waals surface area (Å²) >= 11 is 0. The monoisotopic (exact) mass is 319 g/mol. The molecule has 0 unspecified atom stereocenters. The van der Waals surface area contributed by atoms with E-state index in [2.05, 4.69) is 72.9 Å². The highest BCUT2D eigenvalue weighted by atomic mass is 28.4. The second kappa shape index (κ2) is 6.29. The van der Waals surface area contributed by atoms with Gasteiger partial charge in [0, 0.05) is 0 Å². The Kier molecular flexibility index (Phi) is 6.24. The van der Waals surface area contributed by atoms with E-state index >= 15 is 0 Å². The lowest BCUT2D eigenvalue weighted by Gasteiger charge is -2.37. The van der Waals surface area contributed by atoms with Gasteiger partial charge < -0.3 is 4.43 Å². The highest BCUT2D eigenvalue weighted by Crippen LogP contribution is 2.36. The molecule has 120 valence electrons. The highest BCUT2D eigenvalue weighted by Gasteiger charge is 2.40. The third-order valence-corrected chi connectivity index (χ3v) is 13.3. The van der Waals surface area contributed by atoms with Gasteiger partial charge in [0.2, 0.25) is 0 Å². The van der Waals surface area contributed by atoms with Gasteiger partial charge in [-0.1, -0.05) is 54.6 Å². The molecule has 0 saturated carbocycles. The Balaban J connectivity index is 4.34. The lowest BCUT2D eigenvalue weighted by atomic mass is 10.2. The average Bonchev–Trinajstić information content (AvgIpc) is 2.12. The minimum Gasteiger partial charge on any atom is -0.517 e. The molecular weight excluding hydrogens is 286 g/mol. The predicted molar refractivity (Wildman–Crippen MR) is 89.6 cm³/mol. The summed E-state index contributed by atoms with van der Waals surface area (Å²) in [5, 5.41) is 3.29. The predicted octanol–water partition coefficient (Wildman–Crippen LogP) is 4.06. The molecule has 1 N–H and O–H groups in total. The number of rotatable bonds is 5. The zero-order valence-electron chi connectivity index (χ0n) is 14.9. The van der Waals surface area contributed by atoms with Crippen molar-refractivity contribution >= 4 is 22.5 Å². The second-order valence-corrected chi connectivity index (χ2v) is 18.2. The summed E-state index contributed by atoms with van der Waals surface area (Å²) in [5.74, 6) is -0.275. The maximum absolute atomic E-state index is 11.9. The Bertz CT molecular complexity index is 341. The molecule has 0 amide bonds. The van der Waals surface area contributed by atoms with E-state index in [9.17, 15) is 4.79 Å². The first-order valence-electron chi connectivity index (χ1n) is 7.21. The molecule has 0 bridgehead atoms. The van der Waals surface area contributed by atoms with Gasteiger partial charge in [-0.05, 0) is 23.2 Å². The van der Waals surface area contributed by atoms with Crippen LogP contribution in [-0.2, 0) is 14.1 Å². The van der Waals surface area contributed by atoms with Gasteiger partial charge in [0.15, 0.2) is 14.8 Å². The lowest BCUT2D eigenvalue weighted by Crippen LogP contribution is -2.52. The van der Waals surface area contributed by atoms with Gasteiger partial charge in [-0.2, -0.15) is 0 Å². The van der Waals surface area contributed by atoms with Gasteiger partial charge >= 0.3 is 5.97 Å². The fourth-order valence-electron chi connectivity index (χ4n) is 0.896. The molecule has 20 heavy (non-hydrogen) atoms. The fraction of sp³-hybridized carbons (Fsp3) is 0.929. The van der Waals surface area contributed by atoms with Gasteiger partial charge in [-0.3, -0.25) is 9.63 Å². The molecule has 0 fully saturated rings. The molecule has 0 aromatic rings. The smallest absolute Gasteiger partial charge is 0.320 e. The SMILES string of the molecule is CC(C)(C)[Si](C)(C)NOCC(=O)O[Si](C)(C)C(C)(C)C. The number of nitrogens with one attached hydrogen (secondary N) is 1. The third kappa shape index (κ3) is 5.67. The topological polar surface area (TPSA) is 47.6 Å². The van der Waals surface area contributed by atoms with Crippen molar-refractivity contribution in [3.8, 4) is 0 Å². The summed E-state index contributed by atoms with van der Waals surface area (Å²) < 4.78 is 5.65. The fourth-order valence-corrected chi connectivity index (χ4v) is 2.57. The molecule has 0 spiro atoms. The Labute approximate surface area is 126 Å². The van der Waals surface area contributed by atoms with Crippen LogP contribution >= 0.6 is 0 Å². The molecule has 0 aliphatic carbocycles. The number of carbonyl (C=O) groups is 1. The molecular formula is C14H33NO3Si2. The molecule has 4 nitrogen and oxygen atoms in total. The van der Waals surface area contributed by atoms with Crippen LogP contribution in [0.15, 0.2) is 0 Å². The van der Waals surface area contributed by atoms with Crippen molar-refractivity contribution in [3.63, 3.8) is 0 Å². The van der Waals surface area contributed by atoms with Crippen molar-refractivity contribution in [1.82, 2.24) is 5.15 Å². The minimum atomic E-state index is -2.05. The summed E-state index contributed by atoms with van der Waals surface area (Å²) in [5.41, 5.74) is 0. The van der Waals surface area contributed by atoms with Crippen LogP contribution in [0.3, 0.4) is 0 Å². The van der Waals surface area contributed by atoms with Gasteiger partial charge in [-0.15, -0.1) is 0 Å². The first-order chi connectivity index (χ1) is 8.60. The third-order valence-electron chi connectivity index (χ3n) is 4.57. The van der Waals surface area contributed by atoms with E-state index in [4.69, 9.17) is 9.26 Å². The van der Waals surface area contributed by atoms with E-state index in [0.29, 0.717) is 0 Å². The van der Waals surface area contributed by atoms with Crippen molar-refractivity contribution in [1.29, 1.82) is 0 Å². The number of hydrogen-bond donors (Lipinski definition) is 1. The summed E-state index contributed by atoms with van der Waals surface area (Å²) in [7, 11) is -3.78. The molecule has 6 heteroatoms. The maximum Gasteiger partial charge on any atom is 0.320 e. The Morgan fingerprint density at radius 2 is 1.40 bits per heavy atom. The highest BCUT2D eigenvalue weighted by molar-refractivity contribution is 6.77. The maximum atomic E-state index is 11.9. The van der Waals surface area contributed by atoms with Crippen LogP contribution in [0.2, 0.25) is 36.3 Å². The van der Waals surface area contributed by atoms with E-state index in [1.807, 2.05) is 0 Å². The molecule has 0 heterocycles. The van der Waals surface area contributed by atoms with Gasteiger partial charge in [-0.25, -0.2) is 5.15 Å². The molecule has 0 rings (SSSR count). The van der Waals surface area contributed by atoms with Crippen LogP contribution < -0.4 is 5.15 Å². The molecule has 0 aliphatic rings. The molecule has 0 aromatic heterocycles. The Morgan fingerprint density at radius 3 is 1.75 bits per heavy atom. The standard InChI is InChI=1S/C14H33NO3Si2/c1-13(2,3)19(7,8)15-17-11-12(16)18-20(9,10)14(4,5)6/h15H,11H2,1-10H3. The van der Waals surface area contributed by atoms with Crippen LogP contribution in [0.4, 0.5) is 0 Å². The van der Waals surface area contributed by atoms with Gasteiger partial charge in [0.25, 0.3) is 8.32 Å². The molecule has 0 atom stereocenters. The van der Waals surface area contributed by atoms with Crippen molar-refractivity contribution < 1.29 is 14.1 Å². The number of carbonyl (C=O) groups excluding carboxylic acids is 1. The van der Waals surface area contributed by atoms with Crippen LogP contribution in [0.5, 0.6) is 0 Å². The van der Waals surface area contributed by atoms with E-state index in [0.717, 1.165) is 0 Å². The van der Waals surface area contributed by atoms with Crippen molar-refractivity contribution in [2.75, 3.05) is 6.61 Å². The zero-order valence-corrected chi connectivity index (χ0v) is 16.9.